The molecule has 0 unspecified atom stereocenters. The number of nitrogens with one attached hydrogen (secondary N) is 1. The number of hydrogen-bond donors (Lipinski definition) is 3. The van der Waals surface area contributed by atoms with E-state index in [1.54, 1.807) is 23.5 Å². The average Bonchev–Trinajstić information content (AvgIpc) is 2.99. The standard InChI is InChI=1S/C19H15AsBrN3O3S/c1-11-16(12-2-6-14(21)7-3-12)17-18(22-10-23-19(17)28-11)24-15-8-4-13(5-9-15)20(25,26)27/h2-10H,1H3,(H,22,23,24)(H2,25,26,27). The van der Waals surface area contributed by atoms with E-state index in [9.17, 15) is 11.9 Å². The molecule has 2 aromatic carbocycles. The Bertz CT molecular complexity index is 1200. The number of halogens is 1. The van der Waals surface area contributed by atoms with E-state index >= 15 is 0 Å². The Morgan fingerprint density at radius 2 is 1.71 bits per heavy atom. The fourth-order valence-electron chi connectivity index (χ4n) is 2.98. The molecule has 142 valence electrons. The van der Waals surface area contributed by atoms with Gasteiger partial charge in [0.25, 0.3) is 0 Å². The van der Waals surface area contributed by atoms with Crippen molar-refractivity contribution in [1.82, 2.24) is 9.97 Å². The van der Waals surface area contributed by atoms with E-state index in [1.165, 1.54) is 18.5 Å². The van der Waals surface area contributed by atoms with E-state index in [0.717, 1.165) is 30.7 Å². The van der Waals surface area contributed by atoms with Crippen molar-refractivity contribution in [1.29, 1.82) is 0 Å². The van der Waals surface area contributed by atoms with Crippen LogP contribution in [0.4, 0.5) is 11.5 Å². The third-order valence-electron chi connectivity index (χ3n) is 4.26. The third-order valence-corrected chi connectivity index (χ3v) is 7.84. The quantitative estimate of drug-likeness (QED) is 0.355. The van der Waals surface area contributed by atoms with Crippen molar-refractivity contribution in [2.45, 2.75) is 6.92 Å². The maximum atomic E-state index is 11.4. The zero-order chi connectivity index (χ0) is 19.9. The SMILES string of the molecule is Cc1sc2ncnc(Nc3ccc([As](=O)(O)O)cc3)c2c1-c1ccc(Br)cc1. The number of anilines is 2. The molecule has 0 spiro atoms. The predicted octanol–water partition coefficient (Wildman–Crippen LogP) is 3.73. The molecule has 0 saturated carbocycles. The minimum atomic E-state index is -4.89. The van der Waals surface area contributed by atoms with E-state index in [1.807, 2.05) is 24.3 Å². The van der Waals surface area contributed by atoms with Gasteiger partial charge in [0.05, 0.1) is 0 Å². The van der Waals surface area contributed by atoms with Crippen molar-refractivity contribution in [3.63, 3.8) is 0 Å². The summed E-state index contributed by atoms with van der Waals surface area (Å²) < 4.78 is 31.1. The molecule has 2 aromatic heterocycles. The van der Waals surface area contributed by atoms with Crippen LogP contribution < -0.4 is 9.67 Å². The zero-order valence-corrected chi connectivity index (χ0v) is 18.9. The molecule has 0 radical (unpaired) electrons. The zero-order valence-electron chi connectivity index (χ0n) is 14.6. The summed E-state index contributed by atoms with van der Waals surface area (Å²) in [7, 11) is 0. The predicted molar refractivity (Wildman–Crippen MR) is 116 cm³/mol. The van der Waals surface area contributed by atoms with Gasteiger partial charge in [-0.25, -0.2) is 0 Å². The second kappa shape index (κ2) is 7.46. The molecule has 6 nitrogen and oxygen atoms in total. The Hall–Kier alpha value is -1.96. The maximum absolute atomic E-state index is 11.4. The topological polar surface area (TPSA) is 95.3 Å². The molecule has 0 atom stereocenters. The number of benzene rings is 2. The van der Waals surface area contributed by atoms with E-state index in [4.69, 9.17) is 0 Å². The molecule has 2 heterocycles. The molecule has 4 aromatic rings. The summed E-state index contributed by atoms with van der Waals surface area (Å²) in [5.74, 6) is 0.654. The Morgan fingerprint density at radius 3 is 2.36 bits per heavy atom. The van der Waals surface area contributed by atoms with Crippen LogP contribution in [-0.4, -0.2) is 32.3 Å². The van der Waals surface area contributed by atoms with E-state index in [-0.39, 0.29) is 4.35 Å². The summed E-state index contributed by atoms with van der Waals surface area (Å²) in [5, 5.41) is 4.19. The summed E-state index contributed by atoms with van der Waals surface area (Å²) in [6.45, 7) is 2.06. The van der Waals surface area contributed by atoms with Crippen molar-refractivity contribution < 1.29 is 11.9 Å². The van der Waals surface area contributed by atoms with Crippen molar-refractivity contribution in [2.24, 2.45) is 0 Å². The van der Waals surface area contributed by atoms with Gasteiger partial charge in [-0.3, -0.25) is 0 Å². The minimum absolute atomic E-state index is 0.0402. The van der Waals surface area contributed by atoms with Crippen molar-refractivity contribution in [3.05, 3.63) is 64.2 Å². The first-order chi connectivity index (χ1) is 13.3. The summed E-state index contributed by atoms with van der Waals surface area (Å²) in [4.78, 5) is 10.8. The molecular weight excluding hydrogens is 505 g/mol. The molecule has 0 aliphatic carbocycles. The Balaban J connectivity index is 1.79. The van der Waals surface area contributed by atoms with Crippen LogP contribution in [0.3, 0.4) is 0 Å². The molecule has 0 bridgehead atoms. The van der Waals surface area contributed by atoms with Crippen LogP contribution in [0.5, 0.6) is 0 Å². The van der Waals surface area contributed by atoms with Gasteiger partial charge in [0.15, 0.2) is 0 Å². The number of nitrogens with zero attached hydrogens (tertiary/aromatic N) is 2. The summed E-state index contributed by atoms with van der Waals surface area (Å²) in [6, 6.07) is 14.3. The molecule has 9 heteroatoms. The van der Waals surface area contributed by atoms with Gasteiger partial charge in [0, 0.05) is 0 Å². The molecule has 28 heavy (non-hydrogen) atoms. The van der Waals surface area contributed by atoms with Gasteiger partial charge < -0.3 is 0 Å². The van der Waals surface area contributed by atoms with Crippen LogP contribution in [0.15, 0.2) is 59.3 Å². The number of aryl methyl sites for hydroxylation is 1. The van der Waals surface area contributed by atoms with Crippen molar-refractivity contribution >= 4 is 67.5 Å². The average molecular weight is 520 g/mol. The number of rotatable bonds is 4. The monoisotopic (exact) mass is 519 g/mol. The number of hydrogen-bond acceptors (Lipinski definition) is 5. The molecule has 0 aliphatic heterocycles. The summed E-state index contributed by atoms with van der Waals surface area (Å²) in [6.07, 6.45) is 1.51. The van der Waals surface area contributed by atoms with Crippen LogP contribution in [0.25, 0.3) is 21.3 Å². The fourth-order valence-corrected chi connectivity index (χ4v) is 5.38. The first-order valence-electron chi connectivity index (χ1n) is 8.26. The van der Waals surface area contributed by atoms with Gasteiger partial charge in [0.1, 0.15) is 0 Å². The first kappa shape index (κ1) is 19.4. The van der Waals surface area contributed by atoms with Crippen LogP contribution in [0, 0.1) is 6.92 Å². The van der Waals surface area contributed by atoms with E-state index < -0.39 is 14.2 Å². The summed E-state index contributed by atoms with van der Waals surface area (Å²) in [5.41, 5.74) is 2.84. The van der Waals surface area contributed by atoms with E-state index in [0.29, 0.717) is 11.5 Å². The van der Waals surface area contributed by atoms with Gasteiger partial charge in [-0.05, 0) is 0 Å². The van der Waals surface area contributed by atoms with Gasteiger partial charge in [0.2, 0.25) is 0 Å². The normalized spacial score (nSPS) is 11.7. The molecule has 0 saturated heterocycles. The molecule has 3 N–H and O–H groups in total. The molecule has 0 aliphatic rings. The van der Waals surface area contributed by atoms with Crippen molar-refractivity contribution in [2.75, 3.05) is 5.32 Å². The fraction of sp³-hybridized carbons (Fsp3) is 0.0526. The van der Waals surface area contributed by atoms with Crippen LogP contribution in [-0.2, 0) is 3.74 Å². The second-order valence-electron chi connectivity index (χ2n) is 6.16. The molecule has 0 fully saturated rings. The van der Waals surface area contributed by atoms with Gasteiger partial charge in [-0.2, -0.15) is 0 Å². The van der Waals surface area contributed by atoms with Gasteiger partial charge in [-0.15, -0.1) is 0 Å². The Kier molecular flexibility index (Phi) is 5.16. The van der Waals surface area contributed by atoms with Crippen LogP contribution in [0.1, 0.15) is 4.88 Å². The van der Waals surface area contributed by atoms with Gasteiger partial charge >= 0.3 is 161 Å². The first-order valence-corrected chi connectivity index (χ1v) is 13.3. The Labute approximate surface area is 176 Å². The molecule has 0 amide bonds. The number of fused-ring (bicyclic) bond motifs is 1. The van der Waals surface area contributed by atoms with Gasteiger partial charge in [-0.1, -0.05) is 15.9 Å². The molecular formula is C19H15AsBrN3O3S. The molecule has 4 rings (SSSR count). The number of aromatic nitrogens is 2. The van der Waals surface area contributed by atoms with Crippen LogP contribution >= 0.6 is 27.3 Å². The second-order valence-corrected chi connectivity index (χ2v) is 11.6. The Morgan fingerprint density at radius 1 is 1.04 bits per heavy atom. The van der Waals surface area contributed by atoms with Crippen LogP contribution in [0.2, 0.25) is 0 Å². The summed E-state index contributed by atoms with van der Waals surface area (Å²) >= 11 is 0.177. The van der Waals surface area contributed by atoms with Crippen molar-refractivity contribution in [3.8, 4) is 11.1 Å². The third kappa shape index (κ3) is 3.79. The number of thiophene rings is 1. The van der Waals surface area contributed by atoms with E-state index in [2.05, 4.69) is 38.1 Å².